The van der Waals surface area contributed by atoms with Crippen LogP contribution in [-0.2, 0) is 6.18 Å². The molecular formula is C9H8ClF4N. The number of hydrogen-bond donors (Lipinski definition) is 1. The Morgan fingerprint density at radius 1 is 1.27 bits per heavy atom. The monoisotopic (exact) mass is 241 g/mol. The summed E-state index contributed by atoms with van der Waals surface area (Å²) in [5.41, 5.74) is -0.527. The van der Waals surface area contributed by atoms with Gasteiger partial charge >= 0.3 is 6.18 Å². The molecule has 0 heterocycles. The molecule has 0 aromatic heterocycles. The van der Waals surface area contributed by atoms with Crippen molar-refractivity contribution in [3.05, 3.63) is 28.8 Å². The van der Waals surface area contributed by atoms with Crippen LogP contribution in [0.1, 0.15) is 5.56 Å². The topological polar surface area (TPSA) is 12.0 Å². The van der Waals surface area contributed by atoms with Gasteiger partial charge < -0.3 is 5.32 Å². The summed E-state index contributed by atoms with van der Waals surface area (Å²) in [7, 11) is 0. The van der Waals surface area contributed by atoms with E-state index in [1.54, 1.807) is 0 Å². The quantitative estimate of drug-likeness (QED) is 0.795. The van der Waals surface area contributed by atoms with Crippen LogP contribution in [0.4, 0.5) is 23.2 Å². The van der Waals surface area contributed by atoms with Gasteiger partial charge in [0.2, 0.25) is 0 Å². The average molecular weight is 242 g/mol. The number of hydrogen-bond acceptors (Lipinski definition) is 1. The fourth-order valence-electron chi connectivity index (χ4n) is 1.02. The van der Waals surface area contributed by atoms with Crippen LogP contribution in [0, 0.1) is 0 Å². The molecular weight excluding hydrogens is 234 g/mol. The second kappa shape index (κ2) is 4.70. The van der Waals surface area contributed by atoms with Crippen LogP contribution in [0.3, 0.4) is 0 Å². The van der Waals surface area contributed by atoms with Crippen molar-refractivity contribution in [1.82, 2.24) is 0 Å². The number of anilines is 1. The molecule has 0 bridgehead atoms. The number of alkyl halides is 4. The van der Waals surface area contributed by atoms with Gasteiger partial charge in [0, 0.05) is 6.54 Å². The van der Waals surface area contributed by atoms with Crippen LogP contribution in [-0.4, -0.2) is 13.2 Å². The predicted molar refractivity (Wildman–Crippen MR) is 50.9 cm³/mol. The van der Waals surface area contributed by atoms with Gasteiger partial charge in [0.15, 0.2) is 0 Å². The van der Waals surface area contributed by atoms with Gasteiger partial charge in [-0.05, 0) is 18.2 Å². The van der Waals surface area contributed by atoms with E-state index in [-0.39, 0.29) is 11.6 Å². The highest BCUT2D eigenvalue weighted by molar-refractivity contribution is 6.33. The molecule has 0 saturated heterocycles. The minimum Gasteiger partial charge on any atom is -0.381 e. The molecule has 1 N–H and O–H groups in total. The third kappa shape index (κ3) is 3.27. The Morgan fingerprint density at radius 2 is 1.93 bits per heavy atom. The van der Waals surface area contributed by atoms with Gasteiger partial charge in [0.05, 0.1) is 16.3 Å². The number of rotatable bonds is 3. The summed E-state index contributed by atoms with van der Waals surface area (Å²) in [6.45, 7) is -0.595. The lowest BCUT2D eigenvalue weighted by molar-refractivity contribution is -0.137. The number of nitrogens with one attached hydrogen (secondary N) is 1. The van der Waals surface area contributed by atoms with Crippen LogP contribution in [0.2, 0.25) is 5.02 Å². The Labute approximate surface area is 89.0 Å². The first-order valence-electron chi connectivity index (χ1n) is 4.11. The molecule has 6 heteroatoms. The lowest BCUT2D eigenvalue weighted by atomic mass is 10.2. The standard InChI is InChI=1S/C9H8ClF4N/c10-7-5-6(9(12,13)14)1-2-8(7)15-4-3-11/h1-2,5,15H,3-4H2. The molecule has 0 saturated carbocycles. The minimum absolute atomic E-state index is 0.0189. The summed E-state index contributed by atoms with van der Waals surface area (Å²) >= 11 is 5.59. The largest absolute Gasteiger partial charge is 0.416 e. The van der Waals surface area contributed by atoms with Gasteiger partial charge in [-0.2, -0.15) is 13.2 Å². The fourth-order valence-corrected chi connectivity index (χ4v) is 1.26. The van der Waals surface area contributed by atoms with Crippen LogP contribution in [0.15, 0.2) is 18.2 Å². The fraction of sp³-hybridized carbons (Fsp3) is 0.333. The van der Waals surface area contributed by atoms with Gasteiger partial charge in [-0.1, -0.05) is 11.6 Å². The average Bonchev–Trinajstić information content (AvgIpc) is 2.14. The summed E-state index contributed by atoms with van der Waals surface area (Å²) in [5, 5.41) is 2.50. The zero-order valence-electron chi connectivity index (χ0n) is 7.54. The van der Waals surface area contributed by atoms with Gasteiger partial charge in [0.25, 0.3) is 0 Å². The zero-order chi connectivity index (χ0) is 11.5. The molecule has 0 spiro atoms. The second-order valence-corrected chi connectivity index (χ2v) is 3.22. The highest BCUT2D eigenvalue weighted by atomic mass is 35.5. The maximum absolute atomic E-state index is 12.2. The van der Waals surface area contributed by atoms with Crippen molar-refractivity contribution in [2.75, 3.05) is 18.5 Å². The molecule has 1 aromatic carbocycles. The van der Waals surface area contributed by atoms with Crippen molar-refractivity contribution >= 4 is 17.3 Å². The van der Waals surface area contributed by atoms with Crippen LogP contribution >= 0.6 is 11.6 Å². The molecule has 0 fully saturated rings. The Morgan fingerprint density at radius 3 is 2.40 bits per heavy atom. The van der Waals surface area contributed by atoms with Crippen molar-refractivity contribution in [3.8, 4) is 0 Å². The van der Waals surface area contributed by atoms with Gasteiger partial charge in [-0.25, -0.2) is 4.39 Å². The summed E-state index contributed by atoms with van der Waals surface area (Å²) in [5.74, 6) is 0. The van der Waals surface area contributed by atoms with Gasteiger partial charge in [-0.3, -0.25) is 0 Å². The van der Waals surface area contributed by atoms with Crippen molar-refractivity contribution in [2.24, 2.45) is 0 Å². The Balaban J connectivity index is 2.88. The first kappa shape index (κ1) is 12.1. The molecule has 1 rings (SSSR count). The molecule has 0 aliphatic heterocycles. The summed E-state index contributed by atoms with van der Waals surface area (Å²) in [6, 6.07) is 2.88. The molecule has 1 nitrogen and oxygen atoms in total. The van der Waals surface area contributed by atoms with Gasteiger partial charge in [-0.15, -0.1) is 0 Å². The van der Waals surface area contributed by atoms with E-state index in [0.29, 0.717) is 5.69 Å². The van der Waals surface area contributed by atoms with Crippen LogP contribution in [0.5, 0.6) is 0 Å². The molecule has 0 unspecified atom stereocenters. The summed E-state index contributed by atoms with van der Waals surface area (Å²) in [4.78, 5) is 0. The molecule has 0 aliphatic rings. The minimum atomic E-state index is -4.41. The first-order chi connectivity index (χ1) is 6.95. The lowest BCUT2D eigenvalue weighted by Gasteiger charge is -2.10. The Kier molecular flexibility index (Phi) is 3.79. The maximum atomic E-state index is 12.2. The molecule has 15 heavy (non-hydrogen) atoms. The summed E-state index contributed by atoms with van der Waals surface area (Å²) < 4.78 is 48.4. The summed E-state index contributed by atoms with van der Waals surface area (Å²) in [6.07, 6.45) is -4.41. The van der Waals surface area contributed by atoms with E-state index in [9.17, 15) is 17.6 Å². The normalized spacial score (nSPS) is 11.5. The van der Waals surface area contributed by atoms with E-state index in [2.05, 4.69) is 5.32 Å². The maximum Gasteiger partial charge on any atom is 0.416 e. The van der Waals surface area contributed by atoms with E-state index in [4.69, 9.17) is 11.6 Å². The Hall–Kier alpha value is -0.970. The van der Waals surface area contributed by atoms with Crippen molar-refractivity contribution in [1.29, 1.82) is 0 Å². The van der Waals surface area contributed by atoms with E-state index >= 15 is 0 Å². The first-order valence-corrected chi connectivity index (χ1v) is 4.49. The molecule has 84 valence electrons. The molecule has 1 aromatic rings. The van der Waals surface area contributed by atoms with E-state index in [0.717, 1.165) is 12.1 Å². The highest BCUT2D eigenvalue weighted by Gasteiger charge is 2.30. The van der Waals surface area contributed by atoms with Gasteiger partial charge in [0.1, 0.15) is 6.67 Å². The zero-order valence-corrected chi connectivity index (χ0v) is 8.29. The molecule has 0 aliphatic carbocycles. The van der Waals surface area contributed by atoms with Crippen molar-refractivity contribution in [3.63, 3.8) is 0 Å². The van der Waals surface area contributed by atoms with E-state index in [1.165, 1.54) is 6.07 Å². The number of halogens is 5. The SMILES string of the molecule is FCCNc1ccc(C(F)(F)F)cc1Cl. The van der Waals surface area contributed by atoms with E-state index in [1.807, 2.05) is 0 Å². The van der Waals surface area contributed by atoms with Crippen LogP contribution in [0.25, 0.3) is 0 Å². The molecule has 0 amide bonds. The highest BCUT2D eigenvalue weighted by Crippen LogP contribution is 2.33. The number of benzene rings is 1. The lowest BCUT2D eigenvalue weighted by Crippen LogP contribution is -2.07. The third-order valence-electron chi connectivity index (χ3n) is 1.71. The predicted octanol–water partition coefficient (Wildman–Crippen LogP) is 3.74. The van der Waals surface area contributed by atoms with Crippen molar-refractivity contribution < 1.29 is 17.6 Å². The second-order valence-electron chi connectivity index (χ2n) is 2.81. The van der Waals surface area contributed by atoms with Crippen LogP contribution < -0.4 is 5.32 Å². The van der Waals surface area contributed by atoms with Crippen molar-refractivity contribution in [2.45, 2.75) is 6.18 Å². The Bertz CT molecular complexity index is 337. The van der Waals surface area contributed by atoms with E-state index < -0.39 is 18.4 Å². The smallest absolute Gasteiger partial charge is 0.381 e. The molecule has 0 radical (unpaired) electrons. The molecule has 0 atom stereocenters. The third-order valence-corrected chi connectivity index (χ3v) is 2.02.